The molecule has 0 bridgehead atoms. The van der Waals surface area contributed by atoms with Crippen molar-refractivity contribution >= 4 is 11.9 Å². The summed E-state index contributed by atoms with van der Waals surface area (Å²) in [7, 11) is 0. The predicted molar refractivity (Wildman–Crippen MR) is 77.1 cm³/mol. The van der Waals surface area contributed by atoms with E-state index in [-0.39, 0.29) is 25.1 Å². The number of hydrogen-bond acceptors (Lipinski definition) is 3. The lowest BCUT2D eigenvalue weighted by Gasteiger charge is -2.34. The topological polar surface area (TPSA) is 82.8 Å². The average Bonchev–Trinajstić information content (AvgIpc) is 2.92. The second-order valence-electron chi connectivity index (χ2n) is 5.43. The minimum absolute atomic E-state index is 0.0815. The molecule has 1 saturated carbocycles. The first-order chi connectivity index (χ1) is 10.1. The number of hydrogen-bond donors (Lipinski definition) is 2. The summed E-state index contributed by atoms with van der Waals surface area (Å²) >= 11 is 0. The molecule has 2 rings (SSSR count). The Balaban J connectivity index is 2.17. The van der Waals surface area contributed by atoms with Gasteiger partial charge in [0.25, 0.3) is 5.91 Å². The quantitative estimate of drug-likeness (QED) is 0.829. The molecule has 1 aromatic rings. The zero-order valence-electron chi connectivity index (χ0n) is 12.1. The summed E-state index contributed by atoms with van der Waals surface area (Å²) in [6.45, 7) is -0.0185. The number of aliphatic carboxylic acids is 1. The Morgan fingerprint density at radius 3 is 2.62 bits per heavy atom. The first kappa shape index (κ1) is 15.6. The molecule has 0 spiro atoms. The van der Waals surface area contributed by atoms with Crippen molar-refractivity contribution in [2.75, 3.05) is 13.2 Å². The van der Waals surface area contributed by atoms with E-state index in [4.69, 9.17) is 5.11 Å². The molecule has 6 nitrogen and oxygen atoms in total. The summed E-state index contributed by atoms with van der Waals surface area (Å²) in [6.07, 6.45) is 6.87. The highest BCUT2D eigenvalue weighted by molar-refractivity contribution is 5.93. The van der Waals surface area contributed by atoms with Gasteiger partial charge in [-0.15, -0.1) is 0 Å². The fourth-order valence-corrected chi connectivity index (χ4v) is 2.99. The highest BCUT2D eigenvalue weighted by Gasteiger charge is 2.27. The van der Waals surface area contributed by atoms with Gasteiger partial charge >= 0.3 is 5.97 Å². The Bertz CT molecular complexity index is 492. The van der Waals surface area contributed by atoms with Crippen LogP contribution in [0.3, 0.4) is 0 Å². The lowest BCUT2D eigenvalue weighted by atomic mass is 9.94. The fraction of sp³-hybridized carbons (Fsp3) is 0.600. The van der Waals surface area contributed by atoms with Gasteiger partial charge in [0, 0.05) is 18.8 Å². The van der Waals surface area contributed by atoms with Crippen LogP contribution in [-0.4, -0.2) is 50.8 Å². The molecule has 116 valence electrons. The SMILES string of the molecule is O=C(O)Cn1cccc1C(=O)N(CCO)C1CCCCC1. The van der Waals surface area contributed by atoms with Gasteiger partial charge in [0.1, 0.15) is 12.2 Å². The van der Waals surface area contributed by atoms with Gasteiger partial charge in [-0.3, -0.25) is 9.59 Å². The molecular formula is C15H22N2O4. The number of carbonyl (C=O) groups is 2. The summed E-state index contributed by atoms with van der Waals surface area (Å²) in [5, 5.41) is 18.1. The molecule has 21 heavy (non-hydrogen) atoms. The van der Waals surface area contributed by atoms with Crippen LogP contribution >= 0.6 is 0 Å². The fourth-order valence-electron chi connectivity index (χ4n) is 2.99. The number of rotatable bonds is 6. The highest BCUT2D eigenvalue weighted by atomic mass is 16.4. The number of amides is 1. The van der Waals surface area contributed by atoms with Crippen molar-refractivity contribution < 1.29 is 19.8 Å². The second-order valence-corrected chi connectivity index (χ2v) is 5.43. The number of aliphatic hydroxyl groups is 1. The van der Waals surface area contributed by atoms with E-state index >= 15 is 0 Å². The van der Waals surface area contributed by atoms with Crippen molar-refractivity contribution in [3.63, 3.8) is 0 Å². The van der Waals surface area contributed by atoms with E-state index in [1.54, 1.807) is 23.2 Å². The van der Waals surface area contributed by atoms with Gasteiger partial charge in [0.15, 0.2) is 0 Å². The maximum Gasteiger partial charge on any atom is 0.323 e. The van der Waals surface area contributed by atoms with E-state index in [1.165, 1.54) is 11.0 Å². The van der Waals surface area contributed by atoms with Crippen LogP contribution in [0.2, 0.25) is 0 Å². The molecule has 0 saturated heterocycles. The molecule has 0 aliphatic heterocycles. The van der Waals surface area contributed by atoms with Gasteiger partial charge in [-0.05, 0) is 25.0 Å². The van der Waals surface area contributed by atoms with Gasteiger partial charge in [-0.1, -0.05) is 19.3 Å². The Labute approximate surface area is 124 Å². The summed E-state index contributed by atoms with van der Waals surface area (Å²) in [6, 6.07) is 3.46. The van der Waals surface area contributed by atoms with Crippen LogP contribution in [0.15, 0.2) is 18.3 Å². The maximum absolute atomic E-state index is 12.7. The van der Waals surface area contributed by atoms with Gasteiger partial charge in [0.2, 0.25) is 0 Å². The highest BCUT2D eigenvalue weighted by Crippen LogP contribution is 2.24. The number of nitrogens with zero attached hydrogens (tertiary/aromatic N) is 2. The molecule has 1 amide bonds. The van der Waals surface area contributed by atoms with Crippen LogP contribution in [0.5, 0.6) is 0 Å². The summed E-state index contributed by atoms with van der Waals surface area (Å²) in [5.41, 5.74) is 0.372. The smallest absolute Gasteiger partial charge is 0.323 e. The third-order valence-corrected chi connectivity index (χ3v) is 3.97. The summed E-state index contributed by atoms with van der Waals surface area (Å²) in [4.78, 5) is 25.3. The van der Waals surface area contributed by atoms with E-state index < -0.39 is 5.97 Å². The molecule has 1 aliphatic carbocycles. The molecule has 1 heterocycles. The number of carboxylic acid groups (broad SMARTS) is 1. The van der Waals surface area contributed by atoms with Crippen molar-refractivity contribution in [2.45, 2.75) is 44.7 Å². The minimum atomic E-state index is -0.980. The number of carboxylic acids is 1. The molecule has 1 aliphatic rings. The molecular weight excluding hydrogens is 272 g/mol. The average molecular weight is 294 g/mol. The number of aliphatic hydroxyl groups excluding tert-OH is 1. The summed E-state index contributed by atoms with van der Waals surface area (Å²) < 4.78 is 1.44. The third-order valence-electron chi connectivity index (χ3n) is 3.97. The largest absolute Gasteiger partial charge is 0.480 e. The summed E-state index contributed by atoms with van der Waals surface area (Å²) in [5.74, 6) is -1.17. The van der Waals surface area contributed by atoms with Crippen LogP contribution in [0, 0.1) is 0 Å². The number of aromatic nitrogens is 1. The standard InChI is InChI=1S/C15H22N2O4/c18-10-9-17(12-5-2-1-3-6-12)15(21)13-7-4-8-16(13)11-14(19)20/h4,7-8,12,18H,1-3,5-6,9-11H2,(H,19,20). The van der Waals surface area contributed by atoms with Gasteiger partial charge in [-0.2, -0.15) is 0 Å². The van der Waals surface area contributed by atoms with Crippen molar-refractivity contribution in [3.8, 4) is 0 Å². The van der Waals surface area contributed by atoms with Crippen molar-refractivity contribution in [2.24, 2.45) is 0 Å². The lowest BCUT2D eigenvalue weighted by Crippen LogP contribution is -2.43. The Morgan fingerprint density at radius 2 is 2.00 bits per heavy atom. The first-order valence-electron chi connectivity index (χ1n) is 7.42. The molecule has 0 unspecified atom stereocenters. The number of carbonyl (C=O) groups excluding carboxylic acids is 1. The molecule has 2 N–H and O–H groups in total. The van der Waals surface area contributed by atoms with E-state index in [0.29, 0.717) is 12.2 Å². The molecule has 0 radical (unpaired) electrons. The second kappa shape index (κ2) is 7.26. The van der Waals surface area contributed by atoms with Crippen molar-refractivity contribution in [1.82, 2.24) is 9.47 Å². The van der Waals surface area contributed by atoms with Gasteiger partial charge in [0.05, 0.1) is 6.61 Å². The zero-order valence-corrected chi connectivity index (χ0v) is 12.1. The first-order valence-corrected chi connectivity index (χ1v) is 7.42. The monoisotopic (exact) mass is 294 g/mol. The van der Waals surface area contributed by atoms with Gasteiger partial charge < -0.3 is 19.7 Å². The van der Waals surface area contributed by atoms with E-state index in [2.05, 4.69) is 0 Å². The van der Waals surface area contributed by atoms with Crippen LogP contribution < -0.4 is 0 Å². The van der Waals surface area contributed by atoms with E-state index in [1.807, 2.05) is 0 Å². The molecule has 1 aromatic heterocycles. The van der Waals surface area contributed by atoms with Crippen molar-refractivity contribution in [1.29, 1.82) is 0 Å². The van der Waals surface area contributed by atoms with Crippen LogP contribution in [0.25, 0.3) is 0 Å². The Hall–Kier alpha value is -1.82. The minimum Gasteiger partial charge on any atom is -0.480 e. The Kier molecular flexibility index (Phi) is 5.38. The normalized spacial score (nSPS) is 15.9. The van der Waals surface area contributed by atoms with Crippen LogP contribution in [-0.2, 0) is 11.3 Å². The maximum atomic E-state index is 12.7. The molecule has 0 aromatic carbocycles. The van der Waals surface area contributed by atoms with Gasteiger partial charge in [-0.25, -0.2) is 0 Å². The van der Waals surface area contributed by atoms with Crippen molar-refractivity contribution in [3.05, 3.63) is 24.0 Å². The zero-order chi connectivity index (χ0) is 15.2. The van der Waals surface area contributed by atoms with Crippen LogP contribution in [0.1, 0.15) is 42.6 Å². The molecule has 0 atom stereocenters. The third kappa shape index (κ3) is 3.85. The van der Waals surface area contributed by atoms with E-state index in [0.717, 1.165) is 25.7 Å². The van der Waals surface area contributed by atoms with Crippen LogP contribution in [0.4, 0.5) is 0 Å². The molecule has 1 fully saturated rings. The lowest BCUT2D eigenvalue weighted by molar-refractivity contribution is -0.137. The molecule has 6 heteroatoms. The van der Waals surface area contributed by atoms with E-state index in [9.17, 15) is 14.7 Å². The Morgan fingerprint density at radius 1 is 1.29 bits per heavy atom. The predicted octanol–water partition coefficient (Wildman–Crippen LogP) is 1.34.